The van der Waals surface area contributed by atoms with Gasteiger partial charge >= 0.3 is 5.63 Å². The van der Waals surface area contributed by atoms with E-state index >= 15 is 0 Å². The van der Waals surface area contributed by atoms with Crippen molar-refractivity contribution in [2.45, 2.75) is 50.9 Å². The van der Waals surface area contributed by atoms with Crippen molar-refractivity contribution in [3.8, 4) is 0 Å². The van der Waals surface area contributed by atoms with Crippen molar-refractivity contribution in [1.29, 1.82) is 0 Å². The first-order valence-corrected chi connectivity index (χ1v) is 8.92. The third-order valence-corrected chi connectivity index (χ3v) is 5.42. The molecule has 132 valence electrons. The number of likely N-dealkylation sites (tertiary alicyclic amines) is 1. The van der Waals surface area contributed by atoms with E-state index in [0.29, 0.717) is 24.6 Å². The number of amides is 1. The Bertz CT molecular complexity index is 823. The maximum Gasteiger partial charge on any atom is 0.349 e. The van der Waals surface area contributed by atoms with Crippen LogP contribution in [0.15, 0.2) is 21.6 Å². The standard InChI is InChI=1S/C18H22N4O3/c1-11-8-14(12-4-2-5-12)25-18(24)15(11)17(23)22-7-3-6-13(9-22)16-19-10-20-21-16/h8,10,12-13H,2-7,9H2,1H3,(H,19,20,21). The van der Waals surface area contributed by atoms with Crippen molar-refractivity contribution in [3.63, 3.8) is 0 Å². The Morgan fingerprint density at radius 1 is 1.28 bits per heavy atom. The molecular weight excluding hydrogens is 320 g/mol. The lowest BCUT2D eigenvalue weighted by Crippen LogP contribution is -2.41. The van der Waals surface area contributed by atoms with Crippen LogP contribution in [0, 0.1) is 6.92 Å². The summed E-state index contributed by atoms with van der Waals surface area (Å²) in [5.74, 6) is 1.74. The number of carbonyl (C=O) groups excluding carboxylic acids is 1. The summed E-state index contributed by atoms with van der Waals surface area (Å²) in [5, 5.41) is 6.77. The second-order valence-electron chi connectivity index (χ2n) is 7.08. The lowest BCUT2D eigenvalue weighted by molar-refractivity contribution is 0.0698. The van der Waals surface area contributed by atoms with Crippen LogP contribution in [0.5, 0.6) is 0 Å². The lowest BCUT2D eigenvalue weighted by Gasteiger charge is -2.32. The highest BCUT2D eigenvalue weighted by Gasteiger charge is 2.31. The second kappa shape index (κ2) is 6.46. The van der Waals surface area contributed by atoms with Gasteiger partial charge in [0, 0.05) is 24.9 Å². The zero-order valence-corrected chi connectivity index (χ0v) is 14.3. The van der Waals surface area contributed by atoms with Crippen LogP contribution in [-0.4, -0.2) is 39.1 Å². The Hall–Kier alpha value is -2.44. The minimum atomic E-state index is -0.506. The Morgan fingerprint density at radius 3 is 2.72 bits per heavy atom. The average molecular weight is 342 g/mol. The molecule has 1 saturated heterocycles. The summed E-state index contributed by atoms with van der Waals surface area (Å²) < 4.78 is 5.47. The van der Waals surface area contributed by atoms with Gasteiger partial charge in [0.25, 0.3) is 5.91 Å². The summed E-state index contributed by atoms with van der Waals surface area (Å²) in [6.45, 7) is 3.01. The molecule has 7 heteroatoms. The van der Waals surface area contributed by atoms with E-state index in [1.165, 1.54) is 12.7 Å². The quantitative estimate of drug-likeness (QED) is 0.924. The number of aryl methyl sites for hydroxylation is 1. The molecule has 7 nitrogen and oxygen atoms in total. The monoisotopic (exact) mass is 342 g/mol. The van der Waals surface area contributed by atoms with Gasteiger partial charge in [0.1, 0.15) is 23.5 Å². The maximum atomic E-state index is 12.9. The first-order chi connectivity index (χ1) is 12.1. The summed E-state index contributed by atoms with van der Waals surface area (Å²) in [6.07, 6.45) is 6.59. The predicted octanol–water partition coefficient (Wildman–Crippen LogP) is 2.35. The number of nitrogens with one attached hydrogen (secondary N) is 1. The largest absolute Gasteiger partial charge is 0.427 e. The maximum absolute atomic E-state index is 12.9. The van der Waals surface area contributed by atoms with Gasteiger partial charge in [-0.2, -0.15) is 5.10 Å². The molecule has 1 unspecified atom stereocenters. The molecule has 1 amide bonds. The Kier molecular flexibility index (Phi) is 4.15. The highest BCUT2D eigenvalue weighted by Crippen LogP contribution is 2.36. The van der Waals surface area contributed by atoms with Crippen molar-refractivity contribution in [2.75, 3.05) is 13.1 Å². The number of hydrogen-bond donors (Lipinski definition) is 1. The van der Waals surface area contributed by atoms with Gasteiger partial charge < -0.3 is 9.32 Å². The third-order valence-electron chi connectivity index (χ3n) is 5.42. The lowest BCUT2D eigenvalue weighted by atomic mass is 9.83. The summed E-state index contributed by atoms with van der Waals surface area (Å²) in [5.41, 5.74) is 0.375. The molecule has 3 heterocycles. The van der Waals surface area contributed by atoms with Crippen molar-refractivity contribution in [2.24, 2.45) is 0 Å². The van der Waals surface area contributed by atoms with Gasteiger partial charge in [-0.25, -0.2) is 9.78 Å². The molecule has 25 heavy (non-hydrogen) atoms. The van der Waals surface area contributed by atoms with E-state index in [-0.39, 0.29) is 17.4 Å². The molecule has 0 spiro atoms. The SMILES string of the molecule is Cc1cc(C2CCC2)oc(=O)c1C(=O)N1CCCC(c2ncn[nH]2)C1. The minimum absolute atomic E-state index is 0.127. The highest BCUT2D eigenvalue weighted by molar-refractivity contribution is 5.95. The number of piperidine rings is 1. The topological polar surface area (TPSA) is 92.1 Å². The van der Waals surface area contributed by atoms with Gasteiger partial charge in [0.2, 0.25) is 0 Å². The second-order valence-corrected chi connectivity index (χ2v) is 7.08. The molecule has 1 N–H and O–H groups in total. The molecular formula is C18H22N4O3. The number of aromatic amines is 1. The zero-order chi connectivity index (χ0) is 17.4. The van der Waals surface area contributed by atoms with E-state index in [2.05, 4.69) is 15.2 Å². The van der Waals surface area contributed by atoms with Gasteiger partial charge in [0.05, 0.1) is 0 Å². The van der Waals surface area contributed by atoms with Gasteiger partial charge in [-0.15, -0.1) is 0 Å². The number of nitrogens with zero attached hydrogens (tertiary/aromatic N) is 3. The molecule has 4 rings (SSSR count). The highest BCUT2D eigenvalue weighted by atomic mass is 16.4. The molecule has 0 radical (unpaired) electrons. The first-order valence-electron chi connectivity index (χ1n) is 8.92. The zero-order valence-electron chi connectivity index (χ0n) is 14.3. The van der Waals surface area contributed by atoms with E-state index in [1.54, 1.807) is 4.90 Å². The van der Waals surface area contributed by atoms with Gasteiger partial charge in [0.15, 0.2) is 0 Å². The van der Waals surface area contributed by atoms with Crippen molar-refractivity contribution < 1.29 is 9.21 Å². The number of H-pyrrole nitrogens is 1. The van der Waals surface area contributed by atoms with Crippen LogP contribution >= 0.6 is 0 Å². The van der Waals surface area contributed by atoms with Crippen LogP contribution in [0.4, 0.5) is 0 Å². The van der Waals surface area contributed by atoms with Crippen LogP contribution in [-0.2, 0) is 0 Å². The fourth-order valence-electron chi connectivity index (χ4n) is 3.74. The summed E-state index contributed by atoms with van der Waals surface area (Å²) in [6, 6.07) is 1.87. The van der Waals surface area contributed by atoms with E-state index in [4.69, 9.17) is 4.42 Å². The number of aromatic nitrogens is 3. The molecule has 0 bridgehead atoms. The van der Waals surface area contributed by atoms with E-state index in [0.717, 1.165) is 37.3 Å². The van der Waals surface area contributed by atoms with Crippen LogP contribution in [0.25, 0.3) is 0 Å². The Balaban J connectivity index is 1.57. The molecule has 2 fully saturated rings. The van der Waals surface area contributed by atoms with Gasteiger partial charge in [-0.3, -0.25) is 9.89 Å². The Labute approximate surface area is 145 Å². The minimum Gasteiger partial charge on any atom is -0.427 e. The third kappa shape index (κ3) is 2.99. The molecule has 0 aromatic carbocycles. The van der Waals surface area contributed by atoms with Crippen molar-refractivity contribution in [3.05, 3.63) is 45.5 Å². The first kappa shape index (κ1) is 16.1. The molecule has 1 saturated carbocycles. The van der Waals surface area contributed by atoms with E-state index in [1.807, 2.05) is 13.0 Å². The number of rotatable bonds is 3. The van der Waals surface area contributed by atoms with Gasteiger partial charge in [-0.05, 0) is 44.2 Å². The smallest absolute Gasteiger partial charge is 0.349 e. The predicted molar refractivity (Wildman–Crippen MR) is 90.6 cm³/mol. The summed E-state index contributed by atoms with van der Waals surface area (Å²) in [4.78, 5) is 31.3. The molecule has 1 atom stereocenters. The van der Waals surface area contributed by atoms with Crippen LogP contribution in [0.1, 0.15) is 71.4 Å². The molecule has 2 aliphatic rings. The molecule has 2 aromatic heterocycles. The fourth-order valence-corrected chi connectivity index (χ4v) is 3.74. The van der Waals surface area contributed by atoms with Crippen LogP contribution < -0.4 is 5.63 Å². The van der Waals surface area contributed by atoms with E-state index in [9.17, 15) is 9.59 Å². The fraction of sp³-hybridized carbons (Fsp3) is 0.556. The normalized spacial score (nSPS) is 21.2. The van der Waals surface area contributed by atoms with Crippen molar-refractivity contribution >= 4 is 5.91 Å². The molecule has 1 aliphatic carbocycles. The number of carbonyl (C=O) groups is 1. The van der Waals surface area contributed by atoms with Crippen LogP contribution in [0.3, 0.4) is 0 Å². The van der Waals surface area contributed by atoms with Gasteiger partial charge in [-0.1, -0.05) is 6.42 Å². The van der Waals surface area contributed by atoms with Crippen LogP contribution in [0.2, 0.25) is 0 Å². The average Bonchev–Trinajstić information content (AvgIpc) is 3.07. The van der Waals surface area contributed by atoms with Crippen molar-refractivity contribution in [1.82, 2.24) is 20.1 Å². The molecule has 2 aromatic rings. The summed E-state index contributed by atoms with van der Waals surface area (Å²) >= 11 is 0. The summed E-state index contributed by atoms with van der Waals surface area (Å²) in [7, 11) is 0. The molecule has 1 aliphatic heterocycles. The Morgan fingerprint density at radius 2 is 2.08 bits per heavy atom. The number of hydrogen-bond acceptors (Lipinski definition) is 5. The van der Waals surface area contributed by atoms with E-state index < -0.39 is 5.63 Å².